The molecule has 0 unspecified atom stereocenters. The lowest BCUT2D eigenvalue weighted by atomic mass is 10.5. The fourth-order valence-electron chi connectivity index (χ4n) is 0.923. The Hall–Kier alpha value is -0.980. The predicted octanol–water partition coefficient (Wildman–Crippen LogP) is 1.54. The number of thiazole rings is 1. The molecule has 0 radical (unpaired) electrons. The second-order valence-electron chi connectivity index (χ2n) is 2.41. The minimum Gasteiger partial charge on any atom is -0.325 e. The molecule has 0 aliphatic heterocycles. The van der Waals surface area contributed by atoms with E-state index in [1.54, 1.807) is 29.9 Å². The highest BCUT2D eigenvalue weighted by molar-refractivity contribution is 8.01. The van der Waals surface area contributed by atoms with Crippen molar-refractivity contribution in [3.05, 3.63) is 29.7 Å². The van der Waals surface area contributed by atoms with Gasteiger partial charge < -0.3 is 5.73 Å². The molecule has 0 amide bonds. The van der Waals surface area contributed by atoms with Crippen LogP contribution in [0.15, 0.2) is 33.3 Å². The Labute approximate surface area is 89.6 Å². The summed E-state index contributed by atoms with van der Waals surface area (Å²) in [5, 5.41) is 2.77. The van der Waals surface area contributed by atoms with Gasteiger partial charge in [0.2, 0.25) is 0 Å². The fourth-order valence-corrected chi connectivity index (χ4v) is 2.52. The molecule has 14 heavy (non-hydrogen) atoms. The molecule has 2 aromatic heterocycles. The zero-order valence-corrected chi connectivity index (χ0v) is 8.88. The van der Waals surface area contributed by atoms with Crippen LogP contribution >= 0.6 is 23.1 Å². The molecule has 0 aliphatic carbocycles. The maximum atomic E-state index is 5.55. The Balaban J connectivity index is 2.24. The first-order chi connectivity index (χ1) is 6.90. The van der Waals surface area contributed by atoms with Crippen molar-refractivity contribution in [3.63, 3.8) is 0 Å². The zero-order chi connectivity index (χ0) is 9.80. The van der Waals surface area contributed by atoms with Crippen molar-refractivity contribution < 1.29 is 0 Å². The van der Waals surface area contributed by atoms with E-state index in [0.29, 0.717) is 6.54 Å². The zero-order valence-electron chi connectivity index (χ0n) is 7.25. The molecular weight excluding hydrogens is 216 g/mol. The van der Waals surface area contributed by atoms with Gasteiger partial charge >= 0.3 is 0 Å². The minimum atomic E-state index is 0.404. The Morgan fingerprint density at radius 3 is 2.79 bits per heavy atom. The normalized spacial score (nSPS) is 10.4. The fraction of sp³-hybridized carbons (Fsp3) is 0.125. The molecule has 0 saturated carbocycles. The predicted molar refractivity (Wildman–Crippen MR) is 56.2 cm³/mol. The first-order valence-electron chi connectivity index (χ1n) is 3.97. The van der Waals surface area contributed by atoms with E-state index < -0.39 is 0 Å². The third-order valence-electron chi connectivity index (χ3n) is 1.52. The summed E-state index contributed by atoms with van der Waals surface area (Å²) >= 11 is 3.08. The molecule has 2 rings (SSSR count). The van der Waals surface area contributed by atoms with E-state index in [1.165, 1.54) is 11.8 Å². The first-order valence-corrected chi connectivity index (χ1v) is 5.67. The van der Waals surface area contributed by atoms with Crippen molar-refractivity contribution in [2.24, 2.45) is 5.73 Å². The molecule has 6 heteroatoms. The van der Waals surface area contributed by atoms with E-state index in [2.05, 4.69) is 15.0 Å². The van der Waals surface area contributed by atoms with Gasteiger partial charge in [0.15, 0.2) is 4.34 Å². The maximum Gasteiger partial charge on any atom is 0.156 e. The van der Waals surface area contributed by atoms with Gasteiger partial charge in [-0.2, -0.15) is 0 Å². The van der Waals surface area contributed by atoms with Crippen LogP contribution in [0.1, 0.15) is 5.69 Å². The highest BCUT2D eigenvalue weighted by Crippen LogP contribution is 2.28. The average molecular weight is 224 g/mol. The summed E-state index contributed by atoms with van der Waals surface area (Å²) in [6, 6.07) is 0. The lowest BCUT2D eigenvalue weighted by molar-refractivity contribution is 0.886. The topological polar surface area (TPSA) is 64.7 Å². The van der Waals surface area contributed by atoms with E-state index in [0.717, 1.165) is 15.1 Å². The van der Waals surface area contributed by atoms with Crippen molar-refractivity contribution in [1.29, 1.82) is 0 Å². The van der Waals surface area contributed by atoms with Crippen LogP contribution in [0.2, 0.25) is 0 Å². The van der Waals surface area contributed by atoms with Crippen molar-refractivity contribution >= 4 is 23.1 Å². The van der Waals surface area contributed by atoms with E-state index in [9.17, 15) is 0 Å². The van der Waals surface area contributed by atoms with E-state index in [4.69, 9.17) is 5.73 Å². The number of nitrogens with two attached hydrogens (primary N) is 1. The molecule has 0 aromatic carbocycles. The summed E-state index contributed by atoms with van der Waals surface area (Å²) in [6.45, 7) is 0.404. The van der Waals surface area contributed by atoms with Gasteiger partial charge in [0.1, 0.15) is 5.03 Å². The minimum absolute atomic E-state index is 0.404. The highest BCUT2D eigenvalue weighted by atomic mass is 32.2. The second-order valence-corrected chi connectivity index (χ2v) is 4.54. The molecule has 2 N–H and O–H groups in total. The third-order valence-corrected chi connectivity index (χ3v) is 3.44. The second kappa shape index (κ2) is 4.50. The number of hydrogen-bond acceptors (Lipinski definition) is 6. The molecule has 0 spiro atoms. The molecule has 4 nitrogen and oxygen atoms in total. The van der Waals surface area contributed by atoms with Gasteiger partial charge in [0, 0.05) is 30.5 Å². The summed E-state index contributed by atoms with van der Waals surface area (Å²) < 4.78 is 0.959. The molecule has 0 saturated heterocycles. The van der Waals surface area contributed by atoms with Gasteiger partial charge in [0.25, 0.3) is 0 Å². The van der Waals surface area contributed by atoms with Crippen molar-refractivity contribution in [2.75, 3.05) is 0 Å². The number of aromatic nitrogens is 3. The molecule has 72 valence electrons. The van der Waals surface area contributed by atoms with Crippen LogP contribution in [-0.2, 0) is 6.54 Å². The molecule has 0 fully saturated rings. The summed E-state index contributed by atoms with van der Waals surface area (Å²) in [6.07, 6.45) is 5.08. The molecular formula is C8H8N4S2. The molecule has 2 aromatic rings. The monoisotopic (exact) mass is 224 g/mol. The van der Waals surface area contributed by atoms with Gasteiger partial charge in [-0.3, -0.25) is 4.98 Å². The summed E-state index contributed by atoms with van der Waals surface area (Å²) in [5.74, 6) is 0. The Kier molecular flexibility index (Phi) is 3.07. The Morgan fingerprint density at radius 2 is 2.07 bits per heavy atom. The Bertz CT molecular complexity index is 401. The third kappa shape index (κ3) is 2.09. The summed E-state index contributed by atoms with van der Waals surface area (Å²) in [7, 11) is 0. The quantitative estimate of drug-likeness (QED) is 0.856. The standard InChI is InChI=1S/C8H8N4S2/c9-5-6-7(11-2-1-10-6)14-8-12-3-4-13-8/h1-4H,5,9H2. The van der Waals surface area contributed by atoms with Gasteiger partial charge in [-0.25, -0.2) is 9.97 Å². The molecule has 0 aliphatic rings. The van der Waals surface area contributed by atoms with Crippen LogP contribution in [-0.4, -0.2) is 15.0 Å². The number of hydrogen-bond donors (Lipinski definition) is 1. The average Bonchev–Trinajstić information content (AvgIpc) is 2.71. The largest absolute Gasteiger partial charge is 0.325 e. The van der Waals surface area contributed by atoms with Gasteiger partial charge in [-0.05, 0) is 11.8 Å². The van der Waals surface area contributed by atoms with E-state index in [-0.39, 0.29) is 0 Å². The summed E-state index contributed by atoms with van der Waals surface area (Å²) in [5.41, 5.74) is 6.36. The van der Waals surface area contributed by atoms with Crippen LogP contribution in [0.3, 0.4) is 0 Å². The van der Waals surface area contributed by atoms with Crippen molar-refractivity contribution in [3.8, 4) is 0 Å². The SMILES string of the molecule is NCc1nccnc1Sc1nccs1. The van der Waals surface area contributed by atoms with Gasteiger partial charge in [0.05, 0.1) is 5.69 Å². The first kappa shape index (κ1) is 9.57. The molecule has 0 bridgehead atoms. The van der Waals surface area contributed by atoms with Crippen LogP contribution in [0.4, 0.5) is 0 Å². The van der Waals surface area contributed by atoms with E-state index in [1.807, 2.05) is 5.38 Å². The van der Waals surface area contributed by atoms with Crippen molar-refractivity contribution in [1.82, 2.24) is 15.0 Å². The lowest BCUT2D eigenvalue weighted by Gasteiger charge is -2.01. The summed E-state index contributed by atoms with van der Waals surface area (Å²) in [4.78, 5) is 12.5. The number of nitrogens with zero attached hydrogens (tertiary/aromatic N) is 3. The maximum absolute atomic E-state index is 5.55. The van der Waals surface area contributed by atoms with Gasteiger partial charge in [-0.1, -0.05) is 0 Å². The van der Waals surface area contributed by atoms with Crippen LogP contribution < -0.4 is 5.73 Å². The smallest absolute Gasteiger partial charge is 0.156 e. The van der Waals surface area contributed by atoms with Gasteiger partial charge in [-0.15, -0.1) is 11.3 Å². The van der Waals surface area contributed by atoms with Crippen LogP contribution in [0, 0.1) is 0 Å². The van der Waals surface area contributed by atoms with E-state index >= 15 is 0 Å². The van der Waals surface area contributed by atoms with Crippen LogP contribution in [0.5, 0.6) is 0 Å². The Morgan fingerprint density at radius 1 is 1.21 bits per heavy atom. The lowest BCUT2D eigenvalue weighted by Crippen LogP contribution is -2.02. The van der Waals surface area contributed by atoms with Crippen molar-refractivity contribution in [2.45, 2.75) is 15.9 Å². The molecule has 2 heterocycles. The van der Waals surface area contributed by atoms with Crippen LogP contribution in [0.25, 0.3) is 0 Å². The molecule has 0 atom stereocenters. The number of rotatable bonds is 3. The highest BCUT2D eigenvalue weighted by Gasteiger charge is 2.06.